The predicted octanol–water partition coefficient (Wildman–Crippen LogP) is 5.66. The molecule has 140 valence electrons. The number of hydrogen-bond donors (Lipinski definition) is 0. The van der Waals surface area contributed by atoms with Crippen molar-refractivity contribution in [2.75, 3.05) is 4.90 Å². The largest absolute Gasteiger partial charge is 0.423 e. The molecule has 1 unspecified atom stereocenters. The monoisotopic (exact) mass is 393 g/mol. The van der Waals surface area contributed by atoms with E-state index >= 15 is 0 Å². The number of benzene rings is 2. The third-order valence-corrected chi connectivity index (χ3v) is 5.61. The lowest BCUT2D eigenvalue weighted by Gasteiger charge is -2.28. The zero-order valence-corrected chi connectivity index (χ0v) is 15.6. The minimum atomic E-state index is -0.324. The normalized spacial score (nSPS) is 22.1. The molecule has 0 spiro atoms. The standard InChI is InChI=1S/C22H17ClFN3O/c23-20-13-16(14-8-10-15(24)11-9-14)21(18-6-3-4-12-25-18)27(20)22-26-17-5-1-2-7-19(17)28-22/h1-12,16,20-21H,13H2/t16-,20?,21+/m1/s1. The summed E-state index contributed by atoms with van der Waals surface area (Å²) in [4.78, 5) is 11.2. The van der Waals surface area contributed by atoms with Crippen molar-refractivity contribution < 1.29 is 8.81 Å². The quantitative estimate of drug-likeness (QED) is 0.332. The lowest BCUT2D eigenvalue weighted by molar-refractivity contribution is 0.530. The summed E-state index contributed by atoms with van der Waals surface area (Å²) in [6.45, 7) is 0. The van der Waals surface area contributed by atoms with Crippen molar-refractivity contribution in [1.29, 1.82) is 0 Å². The van der Waals surface area contributed by atoms with Gasteiger partial charge in [0.05, 0.1) is 11.7 Å². The van der Waals surface area contributed by atoms with E-state index in [1.54, 1.807) is 6.20 Å². The van der Waals surface area contributed by atoms with Crippen molar-refractivity contribution in [1.82, 2.24) is 9.97 Å². The Kier molecular flexibility index (Phi) is 4.24. The van der Waals surface area contributed by atoms with Crippen LogP contribution < -0.4 is 4.90 Å². The number of halogens is 2. The van der Waals surface area contributed by atoms with Crippen molar-refractivity contribution in [2.45, 2.75) is 23.9 Å². The molecule has 6 heteroatoms. The Morgan fingerprint density at radius 1 is 1.00 bits per heavy atom. The number of hydrogen-bond acceptors (Lipinski definition) is 4. The Morgan fingerprint density at radius 3 is 2.54 bits per heavy atom. The molecule has 3 atom stereocenters. The van der Waals surface area contributed by atoms with Crippen LogP contribution >= 0.6 is 11.6 Å². The third-order valence-electron chi connectivity index (χ3n) is 5.22. The molecule has 2 aromatic heterocycles. The molecular weight excluding hydrogens is 377 g/mol. The van der Waals surface area contributed by atoms with Crippen molar-refractivity contribution >= 4 is 28.7 Å². The first kappa shape index (κ1) is 17.2. The van der Waals surface area contributed by atoms with Crippen LogP contribution in [0.4, 0.5) is 10.4 Å². The number of fused-ring (bicyclic) bond motifs is 1. The van der Waals surface area contributed by atoms with Gasteiger partial charge in [-0.2, -0.15) is 4.98 Å². The number of pyridine rings is 1. The Balaban J connectivity index is 1.63. The number of anilines is 1. The summed E-state index contributed by atoms with van der Waals surface area (Å²) < 4.78 is 19.5. The summed E-state index contributed by atoms with van der Waals surface area (Å²) in [6, 6.07) is 20.4. The van der Waals surface area contributed by atoms with Gasteiger partial charge in [-0.05, 0) is 48.4 Å². The summed E-state index contributed by atoms with van der Waals surface area (Å²) in [5.74, 6) is -0.220. The molecule has 2 aromatic carbocycles. The van der Waals surface area contributed by atoms with E-state index in [-0.39, 0.29) is 23.3 Å². The van der Waals surface area contributed by atoms with Gasteiger partial charge in [-0.25, -0.2) is 4.39 Å². The fraction of sp³-hybridized carbons (Fsp3) is 0.182. The number of aromatic nitrogens is 2. The predicted molar refractivity (Wildman–Crippen MR) is 107 cm³/mol. The molecule has 0 amide bonds. The first-order valence-electron chi connectivity index (χ1n) is 9.15. The second-order valence-electron chi connectivity index (χ2n) is 6.90. The van der Waals surface area contributed by atoms with Crippen molar-refractivity contribution in [3.05, 3.63) is 90.0 Å². The maximum atomic E-state index is 13.5. The molecule has 4 nitrogen and oxygen atoms in total. The summed E-state index contributed by atoms with van der Waals surface area (Å²) >= 11 is 6.78. The Hall–Kier alpha value is -2.92. The summed E-state index contributed by atoms with van der Waals surface area (Å²) in [7, 11) is 0. The van der Waals surface area contributed by atoms with Gasteiger partial charge in [0.15, 0.2) is 5.58 Å². The molecule has 0 radical (unpaired) electrons. The number of para-hydroxylation sites is 2. The average Bonchev–Trinajstić information content (AvgIpc) is 3.29. The Labute approximate surface area is 166 Å². The Morgan fingerprint density at radius 2 is 1.79 bits per heavy atom. The van der Waals surface area contributed by atoms with Crippen LogP contribution in [0, 0.1) is 5.82 Å². The first-order chi connectivity index (χ1) is 13.7. The molecule has 5 rings (SSSR count). The smallest absolute Gasteiger partial charge is 0.300 e. The molecule has 0 N–H and O–H groups in total. The van der Waals surface area contributed by atoms with E-state index in [1.807, 2.05) is 59.5 Å². The van der Waals surface area contributed by atoms with Crippen LogP contribution in [-0.2, 0) is 0 Å². The lowest BCUT2D eigenvalue weighted by Crippen LogP contribution is -2.29. The number of rotatable bonds is 3. The van der Waals surface area contributed by atoms with Crippen LogP contribution in [0.5, 0.6) is 0 Å². The molecule has 1 aliphatic heterocycles. The van der Waals surface area contributed by atoms with Gasteiger partial charge in [-0.15, -0.1) is 0 Å². The van der Waals surface area contributed by atoms with E-state index in [4.69, 9.17) is 16.0 Å². The molecule has 0 aliphatic carbocycles. The van der Waals surface area contributed by atoms with E-state index in [0.29, 0.717) is 18.0 Å². The highest BCUT2D eigenvalue weighted by atomic mass is 35.5. The van der Waals surface area contributed by atoms with E-state index in [1.165, 1.54) is 12.1 Å². The highest BCUT2D eigenvalue weighted by Crippen LogP contribution is 2.49. The fourth-order valence-electron chi connectivity index (χ4n) is 3.96. The van der Waals surface area contributed by atoms with Crippen LogP contribution in [-0.4, -0.2) is 15.5 Å². The number of nitrogens with zero attached hydrogens (tertiary/aromatic N) is 3. The Bertz CT molecular complexity index is 1070. The summed E-state index contributed by atoms with van der Waals surface area (Å²) in [6.07, 6.45) is 2.44. The second kappa shape index (κ2) is 6.91. The van der Waals surface area contributed by atoms with Crippen LogP contribution in [0.1, 0.15) is 29.6 Å². The number of alkyl halides is 1. The van der Waals surface area contributed by atoms with Gasteiger partial charge in [0.2, 0.25) is 0 Å². The molecule has 0 saturated carbocycles. The molecule has 3 heterocycles. The lowest BCUT2D eigenvalue weighted by atomic mass is 9.89. The molecule has 1 saturated heterocycles. The zero-order valence-electron chi connectivity index (χ0n) is 14.9. The minimum absolute atomic E-state index is 0.0352. The van der Waals surface area contributed by atoms with Gasteiger partial charge in [-0.1, -0.05) is 41.9 Å². The van der Waals surface area contributed by atoms with E-state index in [0.717, 1.165) is 16.8 Å². The van der Waals surface area contributed by atoms with Crippen LogP contribution in [0.25, 0.3) is 11.1 Å². The maximum absolute atomic E-state index is 13.5. The number of oxazole rings is 1. The van der Waals surface area contributed by atoms with Gasteiger partial charge < -0.3 is 9.32 Å². The van der Waals surface area contributed by atoms with Gasteiger partial charge in [0, 0.05) is 12.1 Å². The fourth-order valence-corrected chi connectivity index (χ4v) is 4.35. The first-order valence-corrected chi connectivity index (χ1v) is 9.59. The van der Waals surface area contributed by atoms with Gasteiger partial charge in [-0.3, -0.25) is 4.98 Å². The highest BCUT2D eigenvalue weighted by molar-refractivity contribution is 6.22. The SMILES string of the molecule is Fc1ccc([C@H]2CC(Cl)N(c3nc4ccccc4o3)[C@@H]2c2ccccn2)cc1. The van der Waals surface area contributed by atoms with E-state index in [2.05, 4.69) is 9.97 Å². The molecule has 0 bridgehead atoms. The highest BCUT2D eigenvalue weighted by Gasteiger charge is 2.45. The van der Waals surface area contributed by atoms with Gasteiger partial charge >= 0.3 is 0 Å². The van der Waals surface area contributed by atoms with Gasteiger partial charge in [0.1, 0.15) is 16.8 Å². The van der Waals surface area contributed by atoms with Crippen LogP contribution in [0.2, 0.25) is 0 Å². The minimum Gasteiger partial charge on any atom is -0.423 e. The van der Waals surface area contributed by atoms with Gasteiger partial charge in [0.25, 0.3) is 6.01 Å². The van der Waals surface area contributed by atoms with Crippen molar-refractivity contribution in [3.8, 4) is 0 Å². The molecule has 28 heavy (non-hydrogen) atoms. The van der Waals surface area contributed by atoms with Crippen LogP contribution in [0.3, 0.4) is 0 Å². The average molecular weight is 394 g/mol. The topological polar surface area (TPSA) is 42.2 Å². The molecule has 1 aliphatic rings. The zero-order chi connectivity index (χ0) is 19.1. The van der Waals surface area contributed by atoms with E-state index < -0.39 is 0 Å². The third kappa shape index (κ3) is 2.92. The van der Waals surface area contributed by atoms with E-state index in [9.17, 15) is 4.39 Å². The van der Waals surface area contributed by atoms with Crippen molar-refractivity contribution in [2.24, 2.45) is 0 Å². The molecular formula is C22H17ClFN3O. The van der Waals surface area contributed by atoms with Crippen molar-refractivity contribution in [3.63, 3.8) is 0 Å². The molecule has 4 aromatic rings. The summed E-state index contributed by atoms with van der Waals surface area (Å²) in [5, 5.41) is 0. The van der Waals surface area contributed by atoms with Crippen LogP contribution in [0.15, 0.2) is 77.3 Å². The second-order valence-corrected chi connectivity index (χ2v) is 7.40. The molecule has 1 fully saturated rings. The maximum Gasteiger partial charge on any atom is 0.300 e. The summed E-state index contributed by atoms with van der Waals surface area (Å²) in [5.41, 5.74) is 3.07.